The Bertz CT molecular complexity index is 2830. The molecule has 3 aromatic heterocycles. The van der Waals surface area contributed by atoms with Gasteiger partial charge in [-0.25, -0.2) is 0 Å². The van der Waals surface area contributed by atoms with E-state index in [0.717, 1.165) is 77.5 Å². The average Bonchev–Trinajstić information content (AvgIpc) is 3.99. The summed E-state index contributed by atoms with van der Waals surface area (Å²) >= 11 is 0. The summed E-state index contributed by atoms with van der Waals surface area (Å²) in [7, 11) is 0. The van der Waals surface area contributed by atoms with Crippen LogP contribution in [-0.4, -0.2) is 19.9 Å². The monoisotopic (exact) mass is 861 g/mol. The summed E-state index contributed by atoms with van der Waals surface area (Å²) in [6.07, 6.45) is 11.0. The zero-order valence-corrected chi connectivity index (χ0v) is 31.0. The van der Waals surface area contributed by atoms with Crippen molar-refractivity contribution in [2.45, 2.75) is 11.8 Å². The van der Waals surface area contributed by atoms with Gasteiger partial charge in [-0.3, -0.25) is 9.97 Å². The van der Waals surface area contributed by atoms with E-state index in [0.29, 0.717) is 0 Å². The maximum atomic E-state index is 5.51. The average molecular weight is 862 g/mol. The normalized spacial score (nSPS) is 15.7. The molecular weight excluding hydrogens is 828 g/mol. The van der Waals surface area contributed by atoms with Gasteiger partial charge >= 0.3 is 0 Å². The number of allylic oxidation sites excluding steroid dienone is 4. The van der Waals surface area contributed by atoms with Crippen molar-refractivity contribution in [2.75, 3.05) is 0 Å². The number of aromatic amines is 2. The van der Waals surface area contributed by atoms with E-state index < -0.39 is 0 Å². The number of hydrogen-bond acceptors (Lipinski definition) is 2. The van der Waals surface area contributed by atoms with Gasteiger partial charge in [0.2, 0.25) is 0 Å². The Morgan fingerprint density at radius 1 is 0.509 bits per heavy atom. The predicted molar refractivity (Wildman–Crippen MR) is 214 cm³/mol. The van der Waals surface area contributed by atoms with Crippen LogP contribution < -0.4 is 10.7 Å². The van der Waals surface area contributed by atoms with Gasteiger partial charge in [-0.05, 0) is 64.2 Å². The summed E-state index contributed by atoms with van der Waals surface area (Å²) in [6, 6.07) is 53.8. The number of hydrogen-bond donors (Lipinski definition) is 2. The zero-order chi connectivity index (χ0) is 34.4. The van der Waals surface area contributed by atoms with Gasteiger partial charge in [-0.2, -0.15) is 0 Å². The first-order valence-electron chi connectivity index (χ1n) is 17.8. The molecule has 0 saturated carbocycles. The number of nitrogens with zero attached hydrogens (tertiary/aromatic N) is 2. The van der Waals surface area contributed by atoms with E-state index in [1.54, 1.807) is 0 Å². The third-order valence-electron chi connectivity index (χ3n) is 10.3. The molecule has 0 spiro atoms. The van der Waals surface area contributed by atoms with Gasteiger partial charge in [-0.1, -0.05) is 146 Å². The van der Waals surface area contributed by atoms with E-state index >= 15 is 0 Å². The molecule has 3 aliphatic rings. The van der Waals surface area contributed by atoms with Crippen molar-refractivity contribution >= 4 is 33.7 Å². The second-order valence-electron chi connectivity index (χ2n) is 13.5. The Morgan fingerprint density at radius 3 is 1.79 bits per heavy atom. The van der Waals surface area contributed by atoms with Crippen molar-refractivity contribution in [3.63, 3.8) is 0 Å². The summed E-state index contributed by atoms with van der Waals surface area (Å²) in [5.41, 5.74) is 15.2. The van der Waals surface area contributed by atoms with Crippen LogP contribution in [-0.2, 0) is 21.1 Å². The van der Waals surface area contributed by atoms with Gasteiger partial charge in [0, 0.05) is 66.1 Å². The molecule has 2 N–H and O–H groups in total. The second kappa shape index (κ2) is 13.8. The van der Waals surface area contributed by atoms with E-state index in [4.69, 9.17) is 9.97 Å². The van der Waals surface area contributed by atoms with Crippen LogP contribution >= 0.6 is 0 Å². The van der Waals surface area contributed by atoms with Gasteiger partial charge in [0.25, 0.3) is 0 Å². The maximum Gasteiger partial charge on any atom is 0.0696 e. The zero-order valence-electron chi connectivity index (χ0n) is 28.7. The van der Waals surface area contributed by atoms with E-state index in [1.165, 1.54) is 11.1 Å². The van der Waals surface area contributed by atoms with Crippen LogP contribution in [0.15, 0.2) is 176 Å². The van der Waals surface area contributed by atoms with Crippen LogP contribution in [0.1, 0.15) is 28.8 Å². The summed E-state index contributed by atoms with van der Waals surface area (Å²) in [5.74, 6) is 0.0125. The van der Waals surface area contributed by atoms with Crippen LogP contribution in [0.25, 0.3) is 67.1 Å². The van der Waals surface area contributed by atoms with Gasteiger partial charge in [0.05, 0.1) is 27.6 Å². The molecule has 4 nitrogen and oxygen atoms in total. The molecular formula is C48H34N4Pt. The van der Waals surface area contributed by atoms with Crippen LogP contribution in [0, 0.1) is 0 Å². The van der Waals surface area contributed by atoms with E-state index in [9.17, 15) is 0 Å². The molecule has 5 heteroatoms. The van der Waals surface area contributed by atoms with Gasteiger partial charge in [0.15, 0.2) is 0 Å². The molecule has 2 atom stereocenters. The Balaban J connectivity index is 0.00000372. The molecule has 8 bridgehead atoms. The van der Waals surface area contributed by atoms with E-state index in [1.807, 2.05) is 0 Å². The number of aromatic nitrogens is 4. The molecule has 0 radical (unpaired) electrons. The molecule has 256 valence electrons. The largest absolute Gasteiger partial charge is 0.355 e. The molecule has 2 aliphatic heterocycles. The summed E-state index contributed by atoms with van der Waals surface area (Å²) < 4.78 is 0. The predicted octanol–water partition coefficient (Wildman–Crippen LogP) is 9.99. The fourth-order valence-electron chi connectivity index (χ4n) is 7.95. The Morgan fingerprint density at radius 2 is 1.11 bits per heavy atom. The van der Waals surface area contributed by atoms with Crippen LogP contribution in [0.5, 0.6) is 0 Å². The van der Waals surface area contributed by atoms with Crippen molar-refractivity contribution in [3.05, 3.63) is 204 Å². The van der Waals surface area contributed by atoms with Crippen molar-refractivity contribution in [1.29, 1.82) is 0 Å². The molecule has 4 aromatic carbocycles. The second-order valence-corrected chi connectivity index (χ2v) is 13.5. The summed E-state index contributed by atoms with van der Waals surface area (Å²) in [4.78, 5) is 18.5. The van der Waals surface area contributed by atoms with Gasteiger partial charge < -0.3 is 9.97 Å². The fourth-order valence-corrected chi connectivity index (χ4v) is 7.95. The number of nitrogens with one attached hydrogen (secondary N) is 2. The number of H-pyrrole nitrogens is 2. The molecule has 7 aromatic rings. The number of fused-ring (bicyclic) bond motifs is 10. The number of benzene rings is 4. The summed E-state index contributed by atoms with van der Waals surface area (Å²) in [5, 5.41) is 1.88. The first-order chi connectivity index (χ1) is 25.8. The molecule has 0 saturated heterocycles. The van der Waals surface area contributed by atoms with Crippen molar-refractivity contribution in [3.8, 4) is 33.4 Å². The molecule has 2 unspecified atom stereocenters. The standard InChI is InChI=1S/C48H34N4.Pt/c1-5-15-31(16-6-1)40-28-37-27-35-25-26-36(49-35)29-41-38-23-13-14-24-39(38)42(51-41)30-43-44(32-17-7-2-8-18-32)45(33-19-9-3-10-20-33)48(52-43)46(47(40)50-37)34-21-11-4-12-22-34;/h1-30,38,40,49,52H;. The molecule has 1 aliphatic carbocycles. The van der Waals surface area contributed by atoms with Crippen molar-refractivity contribution in [2.24, 2.45) is 0 Å². The molecule has 53 heavy (non-hydrogen) atoms. The molecule has 10 rings (SSSR count). The third kappa shape index (κ3) is 5.96. The first kappa shape index (κ1) is 32.8. The van der Waals surface area contributed by atoms with E-state index in [-0.39, 0.29) is 32.9 Å². The van der Waals surface area contributed by atoms with Crippen molar-refractivity contribution in [1.82, 2.24) is 19.9 Å². The van der Waals surface area contributed by atoms with Crippen molar-refractivity contribution < 1.29 is 21.1 Å². The molecule has 5 heterocycles. The van der Waals surface area contributed by atoms with E-state index in [2.05, 4.69) is 192 Å². The Kier molecular flexibility index (Phi) is 8.54. The minimum absolute atomic E-state index is 0. The third-order valence-corrected chi connectivity index (χ3v) is 10.3. The minimum atomic E-state index is -0.0646. The fraction of sp³-hybridized carbons (Fsp3) is 0.0417. The van der Waals surface area contributed by atoms with Crippen LogP contribution in [0.2, 0.25) is 0 Å². The first-order valence-corrected chi connectivity index (χ1v) is 17.8. The molecule has 0 fully saturated rings. The Labute approximate surface area is 321 Å². The van der Waals surface area contributed by atoms with Gasteiger partial charge in [0.1, 0.15) is 0 Å². The SMILES string of the molecule is C1=CC2=c3cc4[nH]c(c(-c5ccccc5)c5nc(cc6ccc(cc(n3)C2C=C1)[nH]6)=CC5c1ccccc1)c(-c1ccccc1)c4-c1ccccc1.[Pt]. The van der Waals surface area contributed by atoms with Crippen LogP contribution in [0.4, 0.5) is 0 Å². The minimum Gasteiger partial charge on any atom is -0.355 e. The van der Waals surface area contributed by atoms with Crippen LogP contribution in [0.3, 0.4) is 0 Å². The Hall–Kier alpha value is -6.09. The quantitative estimate of drug-likeness (QED) is 0.185. The number of rotatable bonds is 4. The molecule has 0 amide bonds. The maximum absolute atomic E-state index is 5.51. The summed E-state index contributed by atoms with van der Waals surface area (Å²) in [6.45, 7) is 0. The smallest absolute Gasteiger partial charge is 0.0696 e. The topological polar surface area (TPSA) is 57.4 Å². The van der Waals surface area contributed by atoms with Gasteiger partial charge in [-0.15, -0.1) is 0 Å².